The van der Waals surface area contributed by atoms with Gasteiger partial charge in [0.25, 0.3) is 0 Å². The minimum atomic E-state index is 0.0468. The molecule has 98 valence electrons. The Balaban J connectivity index is 1.77. The van der Waals surface area contributed by atoms with Gasteiger partial charge in [0.1, 0.15) is 11.5 Å². The molecule has 0 saturated carbocycles. The third-order valence-electron chi connectivity index (χ3n) is 2.44. The van der Waals surface area contributed by atoms with Crippen LogP contribution in [0.25, 0.3) is 0 Å². The standard InChI is InChI=1S/C14H15NO2P2/c1-2-12-7-6-10-14(11-12)17-19-15-18-16-13-8-4-3-5-9-13/h3-11,19H,2H2,1H3. The largest absolute Gasteiger partial charge is 0.454 e. The van der Waals surface area contributed by atoms with Crippen LogP contribution in [0.15, 0.2) is 59.1 Å². The van der Waals surface area contributed by atoms with E-state index in [1.54, 1.807) is 0 Å². The van der Waals surface area contributed by atoms with Crippen LogP contribution < -0.4 is 9.05 Å². The normalized spacial score (nSPS) is 11.2. The summed E-state index contributed by atoms with van der Waals surface area (Å²) in [6.07, 6.45) is 1.01. The summed E-state index contributed by atoms with van der Waals surface area (Å²) in [5.41, 5.74) is 1.26. The molecule has 0 heterocycles. The highest BCUT2D eigenvalue weighted by Gasteiger charge is 1.94. The molecule has 0 radical (unpaired) electrons. The van der Waals surface area contributed by atoms with Crippen LogP contribution in [0.2, 0.25) is 0 Å². The first-order valence-electron chi connectivity index (χ1n) is 6.01. The van der Waals surface area contributed by atoms with E-state index < -0.39 is 0 Å². The Morgan fingerprint density at radius 2 is 1.84 bits per heavy atom. The predicted molar refractivity (Wildman–Crippen MR) is 81.2 cm³/mol. The van der Waals surface area contributed by atoms with Gasteiger partial charge in [0, 0.05) is 0 Å². The first-order valence-corrected chi connectivity index (χ1v) is 7.63. The van der Waals surface area contributed by atoms with Crippen molar-refractivity contribution in [2.75, 3.05) is 0 Å². The van der Waals surface area contributed by atoms with Gasteiger partial charge in [0.15, 0.2) is 0 Å². The molecule has 19 heavy (non-hydrogen) atoms. The number of para-hydroxylation sites is 1. The summed E-state index contributed by atoms with van der Waals surface area (Å²) in [4.78, 5) is 0. The lowest BCUT2D eigenvalue weighted by Crippen LogP contribution is -1.81. The lowest BCUT2D eigenvalue weighted by molar-refractivity contribution is 0.626. The van der Waals surface area contributed by atoms with Crippen molar-refractivity contribution in [3.63, 3.8) is 0 Å². The SMILES string of the molecule is CCc1cccc(OPN=POc2ccccc2)c1. The molecule has 0 amide bonds. The molecule has 2 rings (SSSR count). The molecule has 0 N–H and O–H groups in total. The Morgan fingerprint density at radius 1 is 1.05 bits per heavy atom. The number of nitrogens with zero attached hydrogens (tertiary/aromatic N) is 1. The van der Waals surface area contributed by atoms with Gasteiger partial charge in [0.2, 0.25) is 17.6 Å². The van der Waals surface area contributed by atoms with Crippen LogP contribution in [-0.2, 0) is 6.42 Å². The fraction of sp³-hybridized carbons (Fsp3) is 0.143. The van der Waals surface area contributed by atoms with Crippen molar-refractivity contribution >= 4 is 17.6 Å². The smallest absolute Gasteiger partial charge is 0.249 e. The van der Waals surface area contributed by atoms with Gasteiger partial charge in [-0.05, 0) is 36.2 Å². The molecule has 0 aromatic heterocycles. The molecule has 0 aliphatic heterocycles. The van der Waals surface area contributed by atoms with Gasteiger partial charge in [-0.25, -0.2) is 0 Å². The van der Waals surface area contributed by atoms with Gasteiger partial charge in [-0.3, -0.25) is 0 Å². The molecular weight excluding hydrogens is 276 g/mol. The van der Waals surface area contributed by atoms with Crippen molar-refractivity contribution in [3.05, 3.63) is 60.2 Å². The van der Waals surface area contributed by atoms with Crippen molar-refractivity contribution < 1.29 is 9.05 Å². The highest BCUT2D eigenvalue weighted by atomic mass is 31.1. The van der Waals surface area contributed by atoms with Crippen LogP contribution in [0.4, 0.5) is 0 Å². The van der Waals surface area contributed by atoms with E-state index in [2.05, 4.69) is 17.5 Å². The van der Waals surface area contributed by atoms with Crippen LogP contribution in [0.1, 0.15) is 12.5 Å². The molecular formula is C14H15NO2P2. The highest BCUT2D eigenvalue weighted by Crippen LogP contribution is 2.26. The average Bonchev–Trinajstić information content (AvgIpc) is 2.48. The van der Waals surface area contributed by atoms with Crippen LogP contribution in [-0.4, -0.2) is 0 Å². The maximum Gasteiger partial charge on any atom is 0.249 e. The van der Waals surface area contributed by atoms with E-state index in [9.17, 15) is 0 Å². The number of hydrogen-bond donors (Lipinski definition) is 0. The summed E-state index contributed by atoms with van der Waals surface area (Å²) < 4.78 is 15.2. The summed E-state index contributed by atoms with van der Waals surface area (Å²) in [6.45, 7) is 2.12. The van der Waals surface area contributed by atoms with E-state index in [1.165, 1.54) is 5.56 Å². The molecule has 0 fully saturated rings. The zero-order valence-corrected chi connectivity index (χ0v) is 12.5. The van der Waals surface area contributed by atoms with Crippen LogP contribution >= 0.6 is 17.6 Å². The lowest BCUT2D eigenvalue weighted by atomic mass is 10.2. The minimum absolute atomic E-state index is 0.0468. The van der Waals surface area contributed by atoms with Gasteiger partial charge in [-0.1, -0.05) is 37.3 Å². The second-order valence-corrected chi connectivity index (χ2v) is 5.31. The van der Waals surface area contributed by atoms with Gasteiger partial charge < -0.3 is 9.05 Å². The predicted octanol–water partition coefficient (Wildman–Crippen LogP) is 5.26. The number of hydrogen-bond acceptors (Lipinski definition) is 3. The molecule has 1 atom stereocenters. The van der Waals surface area contributed by atoms with Crippen molar-refractivity contribution in [3.8, 4) is 11.5 Å². The molecule has 2 aromatic rings. The van der Waals surface area contributed by atoms with Gasteiger partial charge in [0.05, 0.1) is 0 Å². The summed E-state index contributed by atoms with van der Waals surface area (Å²) >= 11 is 0. The van der Waals surface area contributed by atoms with Gasteiger partial charge in [-0.2, -0.15) is 4.52 Å². The zero-order valence-electron chi connectivity index (χ0n) is 10.6. The Hall–Kier alpha value is -1.43. The third-order valence-corrected chi connectivity index (χ3v) is 3.71. The van der Waals surface area contributed by atoms with Gasteiger partial charge >= 0.3 is 0 Å². The van der Waals surface area contributed by atoms with Crippen molar-refractivity contribution in [2.45, 2.75) is 13.3 Å². The maximum atomic E-state index is 5.56. The molecule has 1 unspecified atom stereocenters. The fourth-order valence-corrected chi connectivity index (χ4v) is 2.38. The molecule has 0 aliphatic carbocycles. The van der Waals surface area contributed by atoms with E-state index in [4.69, 9.17) is 9.05 Å². The van der Waals surface area contributed by atoms with Crippen molar-refractivity contribution in [1.82, 2.24) is 0 Å². The fourth-order valence-electron chi connectivity index (χ4n) is 1.47. The van der Waals surface area contributed by atoms with Crippen LogP contribution in [0.3, 0.4) is 0 Å². The lowest BCUT2D eigenvalue weighted by Gasteiger charge is -2.03. The molecule has 2 aromatic carbocycles. The number of benzene rings is 2. The van der Waals surface area contributed by atoms with E-state index in [0.717, 1.165) is 17.9 Å². The maximum absolute atomic E-state index is 5.56. The molecule has 0 saturated heterocycles. The zero-order chi connectivity index (χ0) is 13.3. The minimum Gasteiger partial charge on any atom is -0.454 e. The second kappa shape index (κ2) is 7.89. The van der Waals surface area contributed by atoms with Crippen LogP contribution in [0, 0.1) is 0 Å². The summed E-state index contributed by atoms with van der Waals surface area (Å²) in [5, 5.41) is 0. The van der Waals surface area contributed by atoms with Gasteiger partial charge in [-0.15, -0.1) is 0 Å². The summed E-state index contributed by atoms with van der Waals surface area (Å²) in [6, 6.07) is 17.7. The number of aryl methyl sites for hydroxylation is 1. The quantitative estimate of drug-likeness (QED) is 0.680. The van der Waals surface area contributed by atoms with Crippen molar-refractivity contribution in [1.29, 1.82) is 0 Å². The molecule has 0 bridgehead atoms. The third kappa shape index (κ3) is 4.98. The van der Waals surface area contributed by atoms with E-state index in [1.807, 2.05) is 48.5 Å². The van der Waals surface area contributed by atoms with E-state index in [0.29, 0.717) is 8.60 Å². The molecule has 3 nitrogen and oxygen atoms in total. The first-order chi connectivity index (χ1) is 9.38. The summed E-state index contributed by atoms with van der Waals surface area (Å²) in [7, 11) is 0.606. The monoisotopic (exact) mass is 291 g/mol. The van der Waals surface area contributed by atoms with E-state index >= 15 is 0 Å². The Morgan fingerprint density at radius 3 is 2.63 bits per heavy atom. The highest BCUT2D eigenvalue weighted by molar-refractivity contribution is 7.39. The second-order valence-electron chi connectivity index (χ2n) is 3.78. The Bertz CT molecular complexity index is 532. The summed E-state index contributed by atoms with van der Waals surface area (Å²) in [5.74, 6) is 1.67. The van der Waals surface area contributed by atoms with E-state index in [-0.39, 0.29) is 8.96 Å². The topological polar surface area (TPSA) is 30.8 Å². The molecule has 5 heteroatoms. The first kappa shape index (κ1) is 14.0. The average molecular weight is 291 g/mol. The molecule has 0 spiro atoms. The van der Waals surface area contributed by atoms with Crippen LogP contribution in [0.5, 0.6) is 11.5 Å². The Kier molecular flexibility index (Phi) is 5.81. The van der Waals surface area contributed by atoms with Crippen molar-refractivity contribution in [2.24, 2.45) is 4.52 Å². The molecule has 0 aliphatic rings. The Labute approximate surface area is 116 Å². The number of rotatable bonds is 6.